The summed E-state index contributed by atoms with van der Waals surface area (Å²) in [5, 5.41) is 8.48. The second-order valence-corrected chi connectivity index (χ2v) is 5.44. The summed E-state index contributed by atoms with van der Waals surface area (Å²) in [4.78, 5) is 16.4. The van der Waals surface area contributed by atoms with E-state index in [0.717, 1.165) is 17.1 Å². The predicted molar refractivity (Wildman–Crippen MR) is 86.2 cm³/mol. The lowest BCUT2D eigenvalue weighted by atomic mass is 10.2. The molecule has 0 aliphatic rings. The van der Waals surface area contributed by atoms with Gasteiger partial charge in [-0.1, -0.05) is 12.1 Å². The molecule has 5 nitrogen and oxygen atoms in total. The molecule has 0 saturated heterocycles. The van der Waals surface area contributed by atoms with Gasteiger partial charge in [-0.15, -0.1) is 11.3 Å². The molecule has 0 aliphatic heterocycles. The van der Waals surface area contributed by atoms with Crippen molar-refractivity contribution in [2.45, 2.75) is 26.8 Å². The normalized spacial score (nSPS) is 11.8. The van der Waals surface area contributed by atoms with Crippen LogP contribution in [-0.2, 0) is 4.79 Å². The number of nitrogens with zero attached hydrogens (tertiary/aromatic N) is 1. The van der Waals surface area contributed by atoms with Crippen LogP contribution in [0, 0.1) is 6.92 Å². The fraction of sp³-hybridized carbons (Fsp3) is 0.333. The average molecular weight is 305 g/mol. The average Bonchev–Trinajstić information content (AvgIpc) is 2.86. The van der Waals surface area contributed by atoms with Crippen molar-refractivity contribution in [2.75, 3.05) is 17.2 Å². The third-order valence-electron chi connectivity index (χ3n) is 2.80. The number of aromatic nitrogens is 1. The first-order valence-electron chi connectivity index (χ1n) is 6.81. The van der Waals surface area contributed by atoms with E-state index in [1.54, 1.807) is 6.92 Å². The molecule has 6 heteroatoms. The second-order valence-electron chi connectivity index (χ2n) is 4.58. The van der Waals surface area contributed by atoms with Crippen LogP contribution in [0.2, 0.25) is 0 Å². The Balaban J connectivity index is 2.00. The monoisotopic (exact) mass is 305 g/mol. The smallest absolute Gasteiger partial charge is 0.248 e. The molecular formula is C15H19N3O2S. The van der Waals surface area contributed by atoms with Crippen molar-refractivity contribution >= 4 is 28.1 Å². The number of hydrogen-bond acceptors (Lipinski definition) is 5. The Bertz CT molecular complexity index is 612. The van der Waals surface area contributed by atoms with Gasteiger partial charge in [0.05, 0.1) is 18.0 Å². The van der Waals surface area contributed by atoms with Crippen molar-refractivity contribution in [2.24, 2.45) is 0 Å². The Hall–Kier alpha value is -2.08. The minimum atomic E-state index is -0.393. The Morgan fingerprint density at radius 1 is 1.43 bits per heavy atom. The van der Waals surface area contributed by atoms with Crippen LogP contribution in [0.25, 0.3) is 0 Å². The fourth-order valence-corrected chi connectivity index (χ4v) is 2.48. The number of para-hydroxylation sites is 2. The van der Waals surface area contributed by atoms with Crippen LogP contribution in [-0.4, -0.2) is 23.5 Å². The Labute approximate surface area is 128 Å². The molecule has 1 atom stereocenters. The van der Waals surface area contributed by atoms with Gasteiger partial charge in [0.2, 0.25) is 5.91 Å². The number of ether oxygens (including phenoxy) is 1. The number of carbonyl (C=O) groups excluding carboxylic acids is 1. The molecule has 0 aliphatic carbocycles. The summed E-state index contributed by atoms with van der Waals surface area (Å²) in [6.07, 6.45) is 0. The van der Waals surface area contributed by atoms with Crippen molar-refractivity contribution < 1.29 is 9.53 Å². The molecule has 21 heavy (non-hydrogen) atoms. The highest BCUT2D eigenvalue weighted by Gasteiger charge is 2.15. The largest absolute Gasteiger partial charge is 0.492 e. The van der Waals surface area contributed by atoms with Gasteiger partial charge >= 0.3 is 0 Å². The molecule has 0 bridgehead atoms. The lowest BCUT2D eigenvalue weighted by molar-refractivity contribution is -0.116. The topological polar surface area (TPSA) is 63.2 Å². The molecule has 2 aromatic rings. The van der Waals surface area contributed by atoms with Gasteiger partial charge in [0.1, 0.15) is 11.8 Å². The van der Waals surface area contributed by atoms with Gasteiger partial charge < -0.3 is 15.4 Å². The number of benzene rings is 1. The van der Waals surface area contributed by atoms with Crippen LogP contribution in [0.4, 0.5) is 10.8 Å². The number of amides is 1. The molecule has 1 aromatic carbocycles. The van der Waals surface area contributed by atoms with Crippen molar-refractivity contribution in [1.82, 2.24) is 4.98 Å². The summed E-state index contributed by atoms with van der Waals surface area (Å²) in [7, 11) is 0. The van der Waals surface area contributed by atoms with Gasteiger partial charge in [-0.25, -0.2) is 4.98 Å². The number of nitrogens with one attached hydrogen (secondary N) is 2. The van der Waals surface area contributed by atoms with E-state index in [2.05, 4.69) is 15.6 Å². The standard InChI is InChI=1S/C15H19N3O2S/c1-4-20-13-8-6-5-7-12(13)17-11(3)14(19)18-15-16-10(2)9-21-15/h5-9,11,17H,4H2,1-3H3,(H,16,18,19)/t11-/m1/s1. The number of anilines is 2. The highest BCUT2D eigenvalue weighted by molar-refractivity contribution is 7.13. The molecule has 0 saturated carbocycles. The highest BCUT2D eigenvalue weighted by atomic mass is 32.1. The van der Waals surface area contributed by atoms with Gasteiger partial charge in [-0.3, -0.25) is 4.79 Å². The van der Waals surface area contributed by atoms with Crippen LogP contribution < -0.4 is 15.4 Å². The van der Waals surface area contributed by atoms with Gasteiger partial charge in [-0.05, 0) is 32.9 Å². The number of carbonyl (C=O) groups is 1. The van der Waals surface area contributed by atoms with Crippen molar-refractivity contribution in [3.05, 3.63) is 35.3 Å². The van der Waals surface area contributed by atoms with E-state index in [1.807, 2.05) is 43.5 Å². The zero-order valence-electron chi connectivity index (χ0n) is 12.3. The van der Waals surface area contributed by atoms with Crippen LogP contribution in [0.1, 0.15) is 19.5 Å². The molecule has 1 aromatic heterocycles. The van der Waals surface area contributed by atoms with Gasteiger partial charge in [0.25, 0.3) is 0 Å². The molecule has 0 fully saturated rings. The lowest BCUT2D eigenvalue weighted by Gasteiger charge is -2.17. The zero-order chi connectivity index (χ0) is 15.2. The lowest BCUT2D eigenvalue weighted by Crippen LogP contribution is -2.32. The van der Waals surface area contributed by atoms with Crippen molar-refractivity contribution in [1.29, 1.82) is 0 Å². The summed E-state index contributed by atoms with van der Waals surface area (Å²) in [5.41, 5.74) is 1.70. The van der Waals surface area contributed by atoms with E-state index in [0.29, 0.717) is 11.7 Å². The van der Waals surface area contributed by atoms with E-state index in [4.69, 9.17) is 4.74 Å². The molecule has 1 amide bonds. The molecule has 1 heterocycles. The first-order chi connectivity index (χ1) is 10.1. The SMILES string of the molecule is CCOc1ccccc1N[C@H](C)C(=O)Nc1nc(C)cs1. The highest BCUT2D eigenvalue weighted by Crippen LogP contribution is 2.24. The molecular weight excluding hydrogens is 286 g/mol. The van der Waals surface area contributed by atoms with Gasteiger partial charge in [0, 0.05) is 5.38 Å². The van der Waals surface area contributed by atoms with E-state index in [9.17, 15) is 4.79 Å². The maximum atomic E-state index is 12.1. The quantitative estimate of drug-likeness (QED) is 0.859. The third kappa shape index (κ3) is 4.19. The van der Waals surface area contributed by atoms with E-state index < -0.39 is 6.04 Å². The number of hydrogen-bond donors (Lipinski definition) is 2. The maximum Gasteiger partial charge on any atom is 0.248 e. The van der Waals surface area contributed by atoms with Crippen LogP contribution in [0.5, 0.6) is 5.75 Å². The fourth-order valence-electron chi connectivity index (χ4n) is 1.79. The molecule has 2 rings (SSSR count). The third-order valence-corrected chi connectivity index (χ3v) is 3.68. The zero-order valence-corrected chi connectivity index (χ0v) is 13.2. The summed E-state index contributed by atoms with van der Waals surface area (Å²) >= 11 is 1.42. The molecule has 2 N–H and O–H groups in total. The Morgan fingerprint density at radius 2 is 2.19 bits per heavy atom. The van der Waals surface area contributed by atoms with E-state index >= 15 is 0 Å². The molecule has 112 valence electrons. The molecule has 0 unspecified atom stereocenters. The Morgan fingerprint density at radius 3 is 2.86 bits per heavy atom. The van der Waals surface area contributed by atoms with Crippen LogP contribution in [0.15, 0.2) is 29.6 Å². The second kappa shape index (κ2) is 7.08. The summed E-state index contributed by atoms with van der Waals surface area (Å²) in [5.74, 6) is 0.611. The number of aryl methyl sites for hydroxylation is 1. The van der Waals surface area contributed by atoms with Crippen molar-refractivity contribution in [3.8, 4) is 5.75 Å². The van der Waals surface area contributed by atoms with Gasteiger partial charge in [0.15, 0.2) is 5.13 Å². The van der Waals surface area contributed by atoms with E-state index in [-0.39, 0.29) is 5.91 Å². The minimum Gasteiger partial charge on any atom is -0.492 e. The minimum absolute atomic E-state index is 0.129. The van der Waals surface area contributed by atoms with Crippen molar-refractivity contribution in [3.63, 3.8) is 0 Å². The summed E-state index contributed by atoms with van der Waals surface area (Å²) in [6, 6.07) is 7.18. The summed E-state index contributed by atoms with van der Waals surface area (Å²) in [6.45, 7) is 6.21. The number of thiazole rings is 1. The Kier molecular flexibility index (Phi) is 5.16. The molecule has 0 spiro atoms. The van der Waals surface area contributed by atoms with E-state index in [1.165, 1.54) is 11.3 Å². The molecule has 0 radical (unpaired) electrons. The van der Waals surface area contributed by atoms with Crippen LogP contribution >= 0.6 is 11.3 Å². The first kappa shape index (κ1) is 15.3. The maximum absolute atomic E-state index is 12.1. The summed E-state index contributed by atoms with van der Waals surface area (Å²) < 4.78 is 5.53. The predicted octanol–water partition coefficient (Wildman–Crippen LogP) is 3.29. The van der Waals surface area contributed by atoms with Crippen LogP contribution in [0.3, 0.4) is 0 Å². The van der Waals surface area contributed by atoms with Gasteiger partial charge in [-0.2, -0.15) is 0 Å². The number of rotatable bonds is 6. The first-order valence-corrected chi connectivity index (χ1v) is 7.69.